The van der Waals surface area contributed by atoms with Gasteiger partial charge in [-0.25, -0.2) is 4.39 Å². The first-order valence-corrected chi connectivity index (χ1v) is 5.10. The summed E-state index contributed by atoms with van der Waals surface area (Å²) in [5, 5.41) is 8.51. The van der Waals surface area contributed by atoms with E-state index >= 15 is 0 Å². The minimum absolute atomic E-state index is 0.287. The zero-order valence-electron chi connectivity index (χ0n) is 9.11. The van der Waals surface area contributed by atoms with Crippen molar-refractivity contribution >= 4 is 12.0 Å². The molecule has 16 heavy (non-hydrogen) atoms. The fraction of sp³-hybridized carbons (Fsp3) is 0.333. The third-order valence-electron chi connectivity index (χ3n) is 2.34. The van der Waals surface area contributed by atoms with E-state index in [1.807, 2.05) is 13.0 Å². The molecule has 0 atom stereocenters. The van der Waals surface area contributed by atoms with Crippen LogP contribution in [0.3, 0.4) is 0 Å². The molecule has 0 aliphatic carbocycles. The van der Waals surface area contributed by atoms with Crippen molar-refractivity contribution in [2.75, 3.05) is 18.0 Å². The molecule has 0 heterocycles. The van der Waals surface area contributed by atoms with Gasteiger partial charge in [0.2, 0.25) is 0 Å². The Morgan fingerprint density at radius 1 is 1.56 bits per heavy atom. The van der Waals surface area contributed by atoms with Crippen molar-refractivity contribution in [1.82, 2.24) is 0 Å². The van der Waals surface area contributed by atoms with E-state index in [1.54, 1.807) is 11.0 Å². The molecular weight excluding hydrogens is 207 g/mol. The van der Waals surface area contributed by atoms with Gasteiger partial charge in [-0.15, -0.1) is 0 Å². The molecule has 0 aromatic heterocycles. The highest BCUT2D eigenvalue weighted by Crippen LogP contribution is 2.23. The number of halogens is 1. The zero-order chi connectivity index (χ0) is 12.0. The fourth-order valence-corrected chi connectivity index (χ4v) is 1.57. The molecule has 0 N–H and O–H groups in total. The minimum atomic E-state index is -0.426. The molecule has 0 saturated carbocycles. The first-order chi connectivity index (χ1) is 7.74. The molecule has 0 fully saturated rings. The second-order valence-electron chi connectivity index (χ2n) is 3.28. The van der Waals surface area contributed by atoms with Gasteiger partial charge in [-0.2, -0.15) is 5.26 Å². The lowest BCUT2D eigenvalue weighted by molar-refractivity contribution is 0.112. The summed E-state index contributed by atoms with van der Waals surface area (Å²) in [6.45, 7) is 2.84. The van der Waals surface area contributed by atoms with Crippen LogP contribution in [0.25, 0.3) is 0 Å². The van der Waals surface area contributed by atoms with E-state index < -0.39 is 5.82 Å². The molecule has 0 bridgehead atoms. The predicted molar refractivity (Wildman–Crippen MR) is 59.9 cm³/mol. The zero-order valence-corrected chi connectivity index (χ0v) is 9.11. The molecule has 84 valence electrons. The van der Waals surface area contributed by atoms with Crippen molar-refractivity contribution in [3.8, 4) is 6.07 Å². The molecular formula is C12H13FN2O. The molecule has 0 spiro atoms. The van der Waals surface area contributed by atoms with Crippen LogP contribution in [-0.2, 0) is 0 Å². The molecule has 4 heteroatoms. The number of nitrogens with zero attached hydrogens (tertiary/aromatic N) is 2. The number of hydrogen-bond donors (Lipinski definition) is 0. The van der Waals surface area contributed by atoms with Gasteiger partial charge in [0.1, 0.15) is 5.82 Å². The van der Waals surface area contributed by atoms with Crippen LogP contribution < -0.4 is 4.90 Å². The molecule has 0 radical (unpaired) electrons. The number of hydrogen-bond acceptors (Lipinski definition) is 3. The van der Waals surface area contributed by atoms with E-state index in [1.165, 1.54) is 12.1 Å². The van der Waals surface area contributed by atoms with Crippen molar-refractivity contribution in [2.45, 2.75) is 13.3 Å². The van der Waals surface area contributed by atoms with Crippen LogP contribution in [0.1, 0.15) is 23.7 Å². The first kappa shape index (κ1) is 12.2. The fourth-order valence-electron chi connectivity index (χ4n) is 1.57. The Labute approximate surface area is 94.1 Å². The highest BCUT2D eigenvalue weighted by molar-refractivity contribution is 5.84. The van der Waals surface area contributed by atoms with E-state index in [2.05, 4.69) is 0 Å². The van der Waals surface area contributed by atoms with Crippen molar-refractivity contribution in [3.63, 3.8) is 0 Å². The molecule has 0 aliphatic heterocycles. The highest BCUT2D eigenvalue weighted by Gasteiger charge is 2.13. The van der Waals surface area contributed by atoms with Gasteiger partial charge < -0.3 is 4.90 Å². The quantitative estimate of drug-likeness (QED) is 0.715. The van der Waals surface area contributed by atoms with E-state index in [-0.39, 0.29) is 5.69 Å². The summed E-state index contributed by atoms with van der Waals surface area (Å²) in [6, 6.07) is 6.39. The standard InChI is InChI=1S/C12H13FN2O/c1-2-15(8-4-7-14)12-10(9-16)5-3-6-11(12)13/h3,5-6,9H,2,4,8H2,1H3. The van der Waals surface area contributed by atoms with Crippen LogP contribution >= 0.6 is 0 Å². The van der Waals surface area contributed by atoms with Gasteiger partial charge in [-0.3, -0.25) is 4.79 Å². The van der Waals surface area contributed by atoms with Crippen LogP contribution in [0.4, 0.5) is 10.1 Å². The molecule has 0 unspecified atom stereocenters. The normalized spacial score (nSPS) is 9.56. The van der Waals surface area contributed by atoms with E-state index in [9.17, 15) is 9.18 Å². The molecule has 0 amide bonds. The molecule has 0 aliphatic rings. The van der Waals surface area contributed by atoms with Gasteiger partial charge in [0.25, 0.3) is 0 Å². The molecule has 1 rings (SSSR count). The SMILES string of the molecule is CCN(CCC#N)c1c(F)cccc1C=O. The van der Waals surface area contributed by atoms with E-state index in [0.29, 0.717) is 31.4 Å². The summed E-state index contributed by atoms with van der Waals surface area (Å²) in [5.41, 5.74) is 0.607. The lowest BCUT2D eigenvalue weighted by Crippen LogP contribution is -2.26. The third kappa shape index (κ3) is 2.57. The second-order valence-corrected chi connectivity index (χ2v) is 3.28. The van der Waals surface area contributed by atoms with Crippen LogP contribution in [-0.4, -0.2) is 19.4 Å². The predicted octanol–water partition coefficient (Wildman–Crippen LogP) is 2.38. The average molecular weight is 220 g/mol. The first-order valence-electron chi connectivity index (χ1n) is 5.10. The van der Waals surface area contributed by atoms with Gasteiger partial charge in [-0.05, 0) is 19.1 Å². The number of carbonyl (C=O) groups excluding carboxylic acids is 1. The minimum Gasteiger partial charge on any atom is -0.368 e. The maximum atomic E-state index is 13.6. The number of nitriles is 1. The number of benzene rings is 1. The van der Waals surface area contributed by atoms with Crippen molar-refractivity contribution in [1.29, 1.82) is 5.26 Å². The van der Waals surface area contributed by atoms with Gasteiger partial charge >= 0.3 is 0 Å². The monoisotopic (exact) mass is 220 g/mol. The summed E-state index contributed by atoms with van der Waals surface area (Å²) < 4.78 is 13.6. The maximum absolute atomic E-state index is 13.6. The van der Waals surface area contributed by atoms with Gasteiger partial charge in [0.05, 0.1) is 18.2 Å². The second kappa shape index (κ2) is 5.86. The van der Waals surface area contributed by atoms with Crippen molar-refractivity contribution in [3.05, 3.63) is 29.6 Å². The van der Waals surface area contributed by atoms with E-state index in [4.69, 9.17) is 5.26 Å². The van der Waals surface area contributed by atoms with Crippen molar-refractivity contribution < 1.29 is 9.18 Å². The Kier molecular flexibility index (Phi) is 4.46. The van der Waals surface area contributed by atoms with Gasteiger partial charge in [-0.1, -0.05) is 6.07 Å². The summed E-state index contributed by atoms with van der Waals surface area (Å²) in [4.78, 5) is 12.5. The molecule has 1 aromatic rings. The van der Waals surface area contributed by atoms with Crippen molar-refractivity contribution in [2.24, 2.45) is 0 Å². The molecule has 3 nitrogen and oxygen atoms in total. The number of anilines is 1. The van der Waals surface area contributed by atoms with Crippen LogP contribution in [0.5, 0.6) is 0 Å². The summed E-state index contributed by atoms with van der Waals surface area (Å²) in [6.07, 6.45) is 0.938. The number of rotatable bonds is 5. The lowest BCUT2D eigenvalue weighted by Gasteiger charge is -2.23. The Morgan fingerprint density at radius 2 is 2.31 bits per heavy atom. The van der Waals surface area contributed by atoms with Gasteiger partial charge in [0.15, 0.2) is 6.29 Å². The lowest BCUT2D eigenvalue weighted by atomic mass is 10.1. The maximum Gasteiger partial charge on any atom is 0.152 e. The highest BCUT2D eigenvalue weighted by atomic mass is 19.1. The summed E-state index contributed by atoms with van der Waals surface area (Å²) in [5.74, 6) is -0.426. The van der Waals surface area contributed by atoms with Crippen LogP contribution in [0.2, 0.25) is 0 Å². The van der Waals surface area contributed by atoms with Gasteiger partial charge in [0, 0.05) is 18.7 Å². The summed E-state index contributed by atoms with van der Waals surface area (Å²) >= 11 is 0. The topological polar surface area (TPSA) is 44.1 Å². The van der Waals surface area contributed by atoms with Crippen LogP contribution in [0.15, 0.2) is 18.2 Å². The molecule has 1 aromatic carbocycles. The Bertz CT molecular complexity index is 412. The Hall–Kier alpha value is -1.89. The number of carbonyl (C=O) groups is 1. The molecule has 0 saturated heterocycles. The summed E-state index contributed by atoms with van der Waals surface area (Å²) in [7, 11) is 0. The Morgan fingerprint density at radius 3 is 2.88 bits per heavy atom. The number of para-hydroxylation sites is 1. The third-order valence-corrected chi connectivity index (χ3v) is 2.34. The average Bonchev–Trinajstić information content (AvgIpc) is 2.31. The number of aldehydes is 1. The largest absolute Gasteiger partial charge is 0.368 e. The smallest absolute Gasteiger partial charge is 0.152 e. The van der Waals surface area contributed by atoms with Crippen LogP contribution in [0, 0.1) is 17.1 Å². The van der Waals surface area contributed by atoms with E-state index in [0.717, 1.165) is 0 Å². The Balaban J connectivity index is 3.08.